The monoisotopic (exact) mass is 433 g/mol. The van der Waals surface area contributed by atoms with Crippen LogP contribution in [-0.4, -0.2) is 45.9 Å². The van der Waals surface area contributed by atoms with E-state index in [1.54, 1.807) is 31.0 Å². The van der Waals surface area contributed by atoms with Crippen molar-refractivity contribution in [2.45, 2.75) is 62.8 Å². The van der Waals surface area contributed by atoms with Gasteiger partial charge in [0.2, 0.25) is 0 Å². The normalized spacial score (nSPS) is 12.7. The molecule has 1 aromatic carbocycles. The Kier molecular flexibility index (Phi) is 8.99. The Balaban J connectivity index is 1.91. The zero-order chi connectivity index (χ0) is 22.1. The van der Waals surface area contributed by atoms with E-state index in [1.807, 2.05) is 24.8 Å². The van der Waals surface area contributed by atoms with Gasteiger partial charge < -0.3 is 14.3 Å². The van der Waals surface area contributed by atoms with Gasteiger partial charge in [-0.25, -0.2) is 0 Å². The van der Waals surface area contributed by atoms with E-state index >= 15 is 0 Å². The molecule has 30 heavy (non-hydrogen) atoms. The average molecular weight is 434 g/mol. The van der Waals surface area contributed by atoms with Crippen molar-refractivity contribution in [2.24, 2.45) is 0 Å². The first-order valence-corrected chi connectivity index (χ1v) is 11.0. The Morgan fingerprint density at radius 1 is 1.23 bits per heavy atom. The fraction of sp³-hybridized carbons (Fsp3) is 0.478. The fourth-order valence-electron chi connectivity index (χ4n) is 2.84. The number of esters is 1. The average Bonchev–Trinajstić information content (AvgIpc) is 3.19. The molecule has 2 rings (SSSR count). The van der Waals surface area contributed by atoms with Gasteiger partial charge in [-0.3, -0.25) is 14.5 Å². The van der Waals surface area contributed by atoms with E-state index in [4.69, 9.17) is 14.3 Å². The summed E-state index contributed by atoms with van der Waals surface area (Å²) in [6.07, 6.45) is 2.71. The van der Waals surface area contributed by atoms with Crippen LogP contribution in [0.1, 0.15) is 45.4 Å². The van der Waals surface area contributed by atoms with Gasteiger partial charge in [0.05, 0.1) is 19.4 Å². The highest BCUT2D eigenvalue weighted by molar-refractivity contribution is 8.00. The van der Waals surface area contributed by atoms with Gasteiger partial charge in [0, 0.05) is 23.1 Å². The van der Waals surface area contributed by atoms with Crippen LogP contribution >= 0.6 is 11.8 Å². The van der Waals surface area contributed by atoms with Crippen LogP contribution in [0.15, 0.2) is 52.0 Å². The zero-order valence-corrected chi connectivity index (χ0v) is 18.9. The molecule has 164 valence electrons. The maximum Gasteiger partial charge on any atom is 0.317 e. The Hall–Kier alpha value is -2.25. The molecule has 0 amide bonds. The highest BCUT2D eigenvalue weighted by Gasteiger charge is 2.30. The van der Waals surface area contributed by atoms with Crippen LogP contribution in [0.25, 0.3) is 0 Å². The van der Waals surface area contributed by atoms with Crippen molar-refractivity contribution >= 4 is 23.7 Å². The number of carbonyl (C=O) groups excluding carboxylic acids is 1. The van der Waals surface area contributed by atoms with E-state index in [1.165, 1.54) is 0 Å². The number of furan rings is 1. The molecule has 0 saturated heterocycles. The smallest absolute Gasteiger partial charge is 0.317 e. The maximum absolute atomic E-state index is 11.6. The molecule has 0 aliphatic rings. The van der Waals surface area contributed by atoms with Crippen molar-refractivity contribution in [2.75, 3.05) is 13.1 Å². The number of hydrogen-bond acceptors (Lipinski definition) is 6. The predicted molar refractivity (Wildman–Crippen MR) is 118 cm³/mol. The van der Waals surface area contributed by atoms with Crippen LogP contribution in [0.2, 0.25) is 0 Å². The van der Waals surface area contributed by atoms with E-state index < -0.39 is 11.6 Å². The number of carbonyl (C=O) groups is 2. The van der Waals surface area contributed by atoms with Gasteiger partial charge in [-0.2, -0.15) is 0 Å². The second-order valence-corrected chi connectivity index (χ2v) is 9.18. The zero-order valence-electron chi connectivity index (χ0n) is 18.1. The van der Waals surface area contributed by atoms with Crippen molar-refractivity contribution in [3.05, 3.63) is 54.0 Å². The Bertz CT molecular complexity index is 802. The van der Waals surface area contributed by atoms with E-state index in [2.05, 4.69) is 31.2 Å². The molecule has 0 aliphatic carbocycles. The number of hydrogen-bond donors (Lipinski definition) is 1. The number of benzene rings is 1. The van der Waals surface area contributed by atoms with Crippen molar-refractivity contribution in [1.82, 2.24) is 4.90 Å². The van der Waals surface area contributed by atoms with E-state index in [0.717, 1.165) is 22.6 Å². The van der Waals surface area contributed by atoms with Crippen LogP contribution in [0.5, 0.6) is 0 Å². The number of carboxylic acid groups (broad SMARTS) is 1. The van der Waals surface area contributed by atoms with Crippen LogP contribution in [0.3, 0.4) is 0 Å². The first kappa shape index (κ1) is 24.0. The molecule has 1 N–H and O–H groups in total. The van der Waals surface area contributed by atoms with Gasteiger partial charge in [-0.1, -0.05) is 19.1 Å². The summed E-state index contributed by atoms with van der Waals surface area (Å²) in [6.45, 7) is 8.77. The lowest BCUT2D eigenvalue weighted by Gasteiger charge is -2.31. The number of nitrogens with zero attached hydrogens (tertiary/aromatic N) is 1. The molecule has 1 unspecified atom stereocenters. The minimum Gasteiger partial charge on any atom is -0.480 e. The molecular weight excluding hydrogens is 402 g/mol. The fourth-order valence-corrected chi connectivity index (χ4v) is 3.88. The van der Waals surface area contributed by atoms with E-state index in [-0.39, 0.29) is 17.8 Å². The largest absolute Gasteiger partial charge is 0.480 e. The van der Waals surface area contributed by atoms with Crippen molar-refractivity contribution < 1.29 is 23.8 Å². The molecule has 0 radical (unpaired) electrons. The van der Waals surface area contributed by atoms with E-state index in [0.29, 0.717) is 19.5 Å². The van der Waals surface area contributed by atoms with Crippen molar-refractivity contribution in [3.63, 3.8) is 0 Å². The lowest BCUT2D eigenvalue weighted by molar-refractivity contribution is -0.155. The van der Waals surface area contributed by atoms with E-state index in [9.17, 15) is 9.59 Å². The molecular formula is C23H31NO5S. The van der Waals surface area contributed by atoms with Crippen LogP contribution in [-0.2, 0) is 27.3 Å². The Morgan fingerprint density at radius 2 is 1.93 bits per heavy atom. The number of ether oxygens (including phenoxy) is 1. The van der Waals surface area contributed by atoms with Gasteiger partial charge in [0.15, 0.2) is 0 Å². The molecule has 0 bridgehead atoms. The van der Waals surface area contributed by atoms with Crippen molar-refractivity contribution in [3.8, 4) is 0 Å². The van der Waals surface area contributed by atoms with Crippen LogP contribution in [0.4, 0.5) is 0 Å². The molecule has 0 aliphatic heterocycles. The van der Waals surface area contributed by atoms with Crippen LogP contribution in [0, 0.1) is 0 Å². The molecule has 0 saturated carbocycles. The number of aliphatic carboxylic acids is 1. The Labute approximate surface area is 182 Å². The summed E-state index contributed by atoms with van der Waals surface area (Å²) in [6, 6.07) is 11.9. The summed E-state index contributed by atoms with van der Waals surface area (Å²) in [4.78, 5) is 25.8. The first-order chi connectivity index (χ1) is 14.2. The van der Waals surface area contributed by atoms with Crippen molar-refractivity contribution in [1.29, 1.82) is 0 Å². The number of carboxylic acids is 1. The topological polar surface area (TPSA) is 80.0 Å². The molecule has 0 fully saturated rings. The molecule has 6 nitrogen and oxygen atoms in total. The summed E-state index contributed by atoms with van der Waals surface area (Å²) in [5.74, 6) is -0.291. The molecule has 2 aromatic rings. The number of thioether (sulfide) groups is 1. The summed E-state index contributed by atoms with van der Waals surface area (Å²) in [7, 11) is 0. The lowest BCUT2D eigenvalue weighted by Crippen LogP contribution is -2.37. The summed E-state index contributed by atoms with van der Waals surface area (Å²) >= 11 is 1.67. The highest BCUT2D eigenvalue weighted by Crippen LogP contribution is 2.32. The molecule has 7 heteroatoms. The minimum absolute atomic E-state index is 0.0300. The SMILES string of the molecule is CCC(=O)OC(C)(C)C(C)Sc1ccc(CCN(CC(=O)O)Cc2ccco2)cc1. The van der Waals surface area contributed by atoms with Gasteiger partial charge in [-0.15, -0.1) is 11.8 Å². The number of rotatable bonds is 12. The standard InChI is InChI=1S/C23H31NO5S/c1-5-22(27)29-23(3,4)17(2)30-20-10-8-18(9-11-20)12-13-24(16-21(25)26)15-19-7-6-14-28-19/h6-11,14,17H,5,12-13,15-16H2,1-4H3,(H,25,26). The summed E-state index contributed by atoms with van der Waals surface area (Å²) in [5, 5.41) is 9.26. The first-order valence-electron chi connectivity index (χ1n) is 10.1. The van der Waals surface area contributed by atoms with Gasteiger partial charge in [0.25, 0.3) is 0 Å². The quantitative estimate of drug-likeness (QED) is 0.386. The second kappa shape index (κ2) is 11.2. The van der Waals surface area contributed by atoms with Gasteiger partial charge in [-0.05, 0) is 57.0 Å². The molecule has 0 spiro atoms. The summed E-state index contributed by atoms with van der Waals surface area (Å²) < 4.78 is 10.9. The predicted octanol–water partition coefficient (Wildman–Crippen LogP) is 4.62. The molecule has 1 aromatic heterocycles. The third kappa shape index (κ3) is 7.88. The van der Waals surface area contributed by atoms with Crippen LogP contribution < -0.4 is 0 Å². The van der Waals surface area contributed by atoms with Gasteiger partial charge >= 0.3 is 11.9 Å². The summed E-state index contributed by atoms with van der Waals surface area (Å²) in [5.41, 5.74) is 0.582. The Morgan fingerprint density at radius 3 is 2.50 bits per heavy atom. The maximum atomic E-state index is 11.6. The minimum atomic E-state index is -0.853. The third-order valence-corrected chi connectivity index (χ3v) is 6.38. The van der Waals surface area contributed by atoms with Gasteiger partial charge in [0.1, 0.15) is 11.4 Å². The lowest BCUT2D eigenvalue weighted by atomic mass is 10.1. The molecule has 1 atom stereocenters. The third-order valence-electron chi connectivity index (χ3n) is 4.92. The molecule has 1 heterocycles. The highest BCUT2D eigenvalue weighted by atomic mass is 32.2. The second-order valence-electron chi connectivity index (χ2n) is 7.77.